The maximum Gasteiger partial charge on any atom is 0.408 e. The van der Waals surface area contributed by atoms with Gasteiger partial charge in [-0.15, -0.1) is 0 Å². The summed E-state index contributed by atoms with van der Waals surface area (Å²) >= 11 is 0. The van der Waals surface area contributed by atoms with E-state index in [1.165, 1.54) is 17.0 Å². The number of rotatable bonds is 9. The number of amides is 3. The van der Waals surface area contributed by atoms with Crippen molar-refractivity contribution in [2.24, 2.45) is 5.92 Å². The number of carbonyl (C=O) groups excluding carboxylic acids is 3. The van der Waals surface area contributed by atoms with Crippen molar-refractivity contribution in [1.29, 1.82) is 0 Å². The molecule has 0 heterocycles. The lowest BCUT2D eigenvalue weighted by Crippen LogP contribution is -2.54. The van der Waals surface area contributed by atoms with Crippen LogP contribution in [0.15, 0.2) is 66.7 Å². The first kappa shape index (κ1) is 29.5. The molecule has 2 atom stereocenters. The Bertz CT molecular complexity index is 1310. The second-order valence-corrected chi connectivity index (χ2v) is 10.9. The third kappa shape index (κ3) is 7.96. The van der Waals surface area contributed by atoms with Crippen molar-refractivity contribution < 1.29 is 24.2 Å². The van der Waals surface area contributed by atoms with Gasteiger partial charge in [-0.25, -0.2) is 4.79 Å². The number of ether oxygens (including phenoxy) is 1. The lowest BCUT2D eigenvalue weighted by molar-refractivity contribution is -0.141. The Labute approximate surface area is 230 Å². The average Bonchev–Trinajstić information content (AvgIpc) is 2.85. The van der Waals surface area contributed by atoms with Crippen LogP contribution < -0.4 is 10.6 Å². The zero-order chi connectivity index (χ0) is 28.7. The zero-order valence-electron chi connectivity index (χ0n) is 23.5. The maximum absolute atomic E-state index is 14.0. The molecule has 0 saturated heterocycles. The van der Waals surface area contributed by atoms with Gasteiger partial charge < -0.3 is 25.4 Å². The summed E-state index contributed by atoms with van der Waals surface area (Å²) in [5, 5.41) is 17.9. The summed E-state index contributed by atoms with van der Waals surface area (Å²) < 4.78 is 5.40. The highest BCUT2D eigenvalue weighted by molar-refractivity contribution is 6.00. The van der Waals surface area contributed by atoms with E-state index in [4.69, 9.17) is 4.74 Å². The summed E-state index contributed by atoms with van der Waals surface area (Å²) in [5.41, 5.74) is 0.302. The smallest absolute Gasteiger partial charge is 0.408 e. The Morgan fingerprint density at radius 3 is 2.26 bits per heavy atom. The van der Waals surface area contributed by atoms with Gasteiger partial charge in [0.15, 0.2) is 0 Å². The number of alkyl carbamates (subject to hydrolysis) is 1. The molecule has 0 bridgehead atoms. The van der Waals surface area contributed by atoms with Crippen LogP contribution in [0.2, 0.25) is 0 Å². The van der Waals surface area contributed by atoms with E-state index >= 15 is 0 Å². The van der Waals surface area contributed by atoms with E-state index in [0.29, 0.717) is 17.7 Å². The molecule has 0 aliphatic rings. The summed E-state index contributed by atoms with van der Waals surface area (Å²) in [6.07, 6.45) is -0.137. The molecule has 2 unspecified atom stereocenters. The van der Waals surface area contributed by atoms with Crippen LogP contribution in [0, 0.1) is 5.92 Å². The van der Waals surface area contributed by atoms with Crippen molar-refractivity contribution in [3.8, 4) is 5.75 Å². The number of carbonyl (C=O) groups is 3. The molecule has 3 aromatic rings. The normalized spacial score (nSPS) is 13.0. The quantitative estimate of drug-likeness (QED) is 0.312. The standard InChI is InChI=1S/C31H39N3O5/c1-7-17-34(29(37)26(20(2)3)33-30(38)39-31(4,5)6)27(23-13-10-14-25(35)19-23)28(36)32-24-16-15-21-11-8-9-12-22(21)18-24/h8-16,18-20,26-27,35H,7,17H2,1-6H3,(H,32,36)(H,33,38). The number of nitrogens with zero attached hydrogens (tertiary/aromatic N) is 1. The van der Waals surface area contributed by atoms with Crippen LogP contribution in [-0.4, -0.2) is 46.1 Å². The molecule has 3 aromatic carbocycles. The topological polar surface area (TPSA) is 108 Å². The van der Waals surface area contributed by atoms with Crippen LogP contribution in [0.1, 0.15) is 59.6 Å². The van der Waals surface area contributed by atoms with Gasteiger partial charge in [0.1, 0.15) is 23.4 Å². The first-order valence-electron chi connectivity index (χ1n) is 13.3. The van der Waals surface area contributed by atoms with E-state index in [9.17, 15) is 19.5 Å². The molecule has 8 nitrogen and oxygen atoms in total. The first-order valence-corrected chi connectivity index (χ1v) is 13.3. The molecule has 0 aromatic heterocycles. The number of hydrogen-bond donors (Lipinski definition) is 3. The van der Waals surface area contributed by atoms with Crippen LogP contribution in [-0.2, 0) is 14.3 Å². The molecular weight excluding hydrogens is 494 g/mol. The molecule has 0 spiro atoms. The van der Waals surface area contributed by atoms with Crippen LogP contribution in [0.25, 0.3) is 10.8 Å². The van der Waals surface area contributed by atoms with E-state index in [1.54, 1.807) is 32.9 Å². The molecule has 39 heavy (non-hydrogen) atoms. The number of phenolic OH excluding ortho intramolecular Hbond substituents is 1. The number of fused-ring (bicyclic) bond motifs is 1. The fourth-order valence-electron chi connectivity index (χ4n) is 4.38. The number of phenols is 1. The lowest BCUT2D eigenvalue weighted by Gasteiger charge is -2.35. The Balaban J connectivity index is 1.99. The van der Waals surface area contributed by atoms with Crippen molar-refractivity contribution in [2.75, 3.05) is 11.9 Å². The van der Waals surface area contributed by atoms with Gasteiger partial charge in [-0.1, -0.05) is 63.2 Å². The fourth-order valence-corrected chi connectivity index (χ4v) is 4.38. The van der Waals surface area contributed by atoms with Crippen molar-refractivity contribution in [3.63, 3.8) is 0 Å². The Morgan fingerprint density at radius 1 is 0.949 bits per heavy atom. The Hall–Kier alpha value is -4.07. The monoisotopic (exact) mass is 533 g/mol. The third-order valence-electron chi connectivity index (χ3n) is 6.12. The Morgan fingerprint density at radius 2 is 1.64 bits per heavy atom. The van der Waals surface area contributed by atoms with Crippen LogP contribution in [0.3, 0.4) is 0 Å². The van der Waals surface area contributed by atoms with Crippen LogP contribution in [0.5, 0.6) is 5.75 Å². The molecular formula is C31H39N3O5. The summed E-state index contributed by atoms with van der Waals surface area (Å²) in [7, 11) is 0. The Kier molecular flexibility index (Phi) is 9.56. The summed E-state index contributed by atoms with van der Waals surface area (Å²) in [6.45, 7) is 11.0. The maximum atomic E-state index is 14.0. The predicted molar refractivity (Wildman–Crippen MR) is 153 cm³/mol. The van der Waals surface area contributed by atoms with E-state index in [1.807, 2.05) is 63.2 Å². The van der Waals surface area contributed by atoms with Gasteiger partial charge >= 0.3 is 6.09 Å². The van der Waals surface area contributed by atoms with Gasteiger partial charge in [0.05, 0.1) is 0 Å². The minimum atomic E-state index is -1.06. The van der Waals surface area contributed by atoms with Gasteiger partial charge in [-0.05, 0) is 73.7 Å². The molecule has 8 heteroatoms. The highest BCUT2D eigenvalue weighted by Gasteiger charge is 2.37. The summed E-state index contributed by atoms with van der Waals surface area (Å²) in [6, 6.07) is 17.8. The number of anilines is 1. The van der Waals surface area contributed by atoms with Crippen molar-refractivity contribution in [3.05, 3.63) is 72.3 Å². The summed E-state index contributed by atoms with van der Waals surface area (Å²) in [5.74, 6) is -1.15. The molecule has 0 fully saturated rings. The van der Waals surface area contributed by atoms with Gasteiger partial charge in [-0.3, -0.25) is 9.59 Å². The summed E-state index contributed by atoms with van der Waals surface area (Å²) in [4.78, 5) is 42.0. The minimum absolute atomic E-state index is 0.0211. The van der Waals surface area contributed by atoms with E-state index in [-0.39, 0.29) is 18.2 Å². The highest BCUT2D eigenvalue weighted by Crippen LogP contribution is 2.28. The van der Waals surface area contributed by atoms with Crippen molar-refractivity contribution in [2.45, 2.75) is 65.6 Å². The number of benzene rings is 3. The lowest BCUT2D eigenvalue weighted by atomic mass is 9.98. The van der Waals surface area contributed by atoms with Crippen LogP contribution >= 0.6 is 0 Å². The second-order valence-electron chi connectivity index (χ2n) is 10.9. The molecule has 208 valence electrons. The minimum Gasteiger partial charge on any atom is -0.508 e. The molecule has 0 saturated carbocycles. The van der Waals surface area contributed by atoms with E-state index in [2.05, 4.69) is 10.6 Å². The molecule has 3 amide bonds. The highest BCUT2D eigenvalue weighted by atomic mass is 16.6. The van der Waals surface area contributed by atoms with Gasteiger partial charge in [-0.2, -0.15) is 0 Å². The molecule has 0 radical (unpaired) electrons. The van der Waals surface area contributed by atoms with E-state index < -0.39 is 35.6 Å². The van der Waals surface area contributed by atoms with Crippen LogP contribution in [0.4, 0.5) is 10.5 Å². The SMILES string of the molecule is CCCN(C(=O)C(NC(=O)OC(C)(C)C)C(C)C)C(C(=O)Nc1ccc2ccccc2c1)c1cccc(O)c1. The molecule has 3 rings (SSSR count). The fraction of sp³-hybridized carbons (Fsp3) is 0.387. The van der Waals surface area contributed by atoms with E-state index in [0.717, 1.165) is 10.8 Å². The molecule has 0 aliphatic heterocycles. The first-order chi connectivity index (χ1) is 18.4. The predicted octanol–water partition coefficient (Wildman–Crippen LogP) is 6.01. The number of aromatic hydroxyl groups is 1. The van der Waals surface area contributed by atoms with Gasteiger partial charge in [0.2, 0.25) is 5.91 Å². The van der Waals surface area contributed by atoms with Gasteiger partial charge in [0, 0.05) is 12.2 Å². The van der Waals surface area contributed by atoms with Crippen molar-refractivity contribution in [1.82, 2.24) is 10.2 Å². The van der Waals surface area contributed by atoms with Crippen molar-refractivity contribution >= 4 is 34.4 Å². The number of nitrogens with one attached hydrogen (secondary N) is 2. The average molecular weight is 534 g/mol. The third-order valence-corrected chi connectivity index (χ3v) is 6.12. The number of hydrogen-bond acceptors (Lipinski definition) is 5. The van der Waals surface area contributed by atoms with Gasteiger partial charge in [0.25, 0.3) is 5.91 Å². The second kappa shape index (κ2) is 12.7. The molecule has 0 aliphatic carbocycles. The largest absolute Gasteiger partial charge is 0.508 e. The molecule has 3 N–H and O–H groups in total. The zero-order valence-corrected chi connectivity index (χ0v) is 23.5.